The monoisotopic (exact) mass is 378 g/mol. The Labute approximate surface area is 156 Å². The highest BCUT2D eigenvalue weighted by molar-refractivity contribution is 6.34. The van der Waals surface area contributed by atoms with E-state index < -0.39 is 0 Å². The van der Waals surface area contributed by atoms with E-state index in [1.807, 2.05) is 0 Å². The molecular formula is C18H16Cl2N2O3. The summed E-state index contributed by atoms with van der Waals surface area (Å²) in [6.45, 7) is 0.245. The molecule has 0 aliphatic rings. The normalized spacial score (nSPS) is 9.96. The number of unbranched alkanes of at least 4 members (excludes halogenated alkanes) is 1. The number of halogens is 2. The fourth-order valence-electron chi connectivity index (χ4n) is 1.93. The number of nitrogens with zero attached hydrogens (tertiary/aromatic N) is 1. The van der Waals surface area contributed by atoms with Crippen molar-refractivity contribution in [2.24, 2.45) is 0 Å². The lowest BCUT2D eigenvalue weighted by molar-refractivity contribution is -0.118. The molecule has 0 fully saturated rings. The van der Waals surface area contributed by atoms with Crippen molar-refractivity contribution in [3.8, 4) is 17.6 Å². The van der Waals surface area contributed by atoms with Crippen LogP contribution >= 0.6 is 23.2 Å². The Morgan fingerprint density at radius 2 is 2.00 bits per heavy atom. The summed E-state index contributed by atoms with van der Waals surface area (Å²) in [5.41, 5.74) is 0.587. The molecule has 2 rings (SSSR count). The van der Waals surface area contributed by atoms with Gasteiger partial charge < -0.3 is 14.8 Å². The number of carbonyl (C=O) groups excluding carboxylic acids is 1. The van der Waals surface area contributed by atoms with Crippen molar-refractivity contribution in [3.05, 3.63) is 52.5 Å². The van der Waals surface area contributed by atoms with Crippen LogP contribution in [0, 0.1) is 11.3 Å². The molecule has 1 amide bonds. The fraction of sp³-hybridized carbons (Fsp3) is 0.222. The van der Waals surface area contributed by atoms with Gasteiger partial charge in [-0.3, -0.25) is 4.79 Å². The van der Waals surface area contributed by atoms with Crippen molar-refractivity contribution in [1.29, 1.82) is 5.26 Å². The Morgan fingerprint density at radius 3 is 2.80 bits per heavy atom. The molecule has 0 heterocycles. The predicted octanol–water partition coefficient (Wildman–Crippen LogP) is 4.69. The lowest BCUT2D eigenvalue weighted by Crippen LogP contribution is -2.20. The molecule has 0 atom stereocenters. The molecule has 2 aromatic carbocycles. The molecule has 0 aromatic heterocycles. The molecule has 0 radical (unpaired) electrons. The summed E-state index contributed by atoms with van der Waals surface area (Å²) in [7, 11) is 0. The minimum atomic E-state index is -0.335. The first-order valence-electron chi connectivity index (χ1n) is 7.56. The topological polar surface area (TPSA) is 71.3 Å². The molecule has 0 aliphatic heterocycles. The molecule has 0 aliphatic carbocycles. The summed E-state index contributed by atoms with van der Waals surface area (Å²) >= 11 is 11.8. The average molecular weight is 379 g/mol. The molecule has 0 saturated carbocycles. The van der Waals surface area contributed by atoms with Crippen LogP contribution < -0.4 is 14.8 Å². The van der Waals surface area contributed by atoms with Crippen molar-refractivity contribution in [3.63, 3.8) is 0 Å². The van der Waals surface area contributed by atoms with Gasteiger partial charge in [0.2, 0.25) is 0 Å². The van der Waals surface area contributed by atoms with Gasteiger partial charge in [-0.05, 0) is 30.7 Å². The van der Waals surface area contributed by atoms with E-state index in [1.54, 1.807) is 42.5 Å². The van der Waals surface area contributed by atoms with Crippen LogP contribution in [0.4, 0.5) is 5.69 Å². The number of nitrogens with one attached hydrogen (secondary N) is 1. The number of rotatable bonds is 8. The van der Waals surface area contributed by atoms with Gasteiger partial charge in [0.1, 0.15) is 11.5 Å². The van der Waals surface area contributed by atoms with E-state index in [1.165, 1.54) is 0 Å². The summed E-state index contributed by atoms with van der Waals surface area (Å²) in [6, 6.07) is 13.8. The smallest absolute Gasteiger partial charge is 0.262 e. The Kier molecular flexibility index (Phi) is 7.39. The van der Waals surface area contributed by atoms with Crippen LogP contribution in [0.2, 0.25) is 10.0 Å². The SMILES string of the molecule is N#CCCCOc1cccc(NC(=O)COc2cc(Cl)ccc2Cl)c1. The number of hydrogen-bond acceptors (Lipinski definition) is 4. The second kappa shape index (κ2) is 9.77. The van der Waals surface area contributed by atoms with Crippen LogP contribution in [-0.4, -0.2) is 19.1 Å². The fourth-order valence-corrected chi connectivity index (χ4v) is 2.27. The van der Waals surface area contributed by atoms with E-state index >= 15 is 0 Å². The van der Waals surface area contributed by atoms with Crippen molar-refractivity contribution >= 4 is 34.8 Å². The summed E-state index contributed by atoms with van der Waals surface area (Å²) < 4.78 is 10.9. The van der Waals surface area contributed by atoms with Gasteiger partial charge in [0.05, 0.1) is 17.7 Å². The molecule has 0 saturated heterocycles. The van der Waals surface area contributed by atoms with Crippen LogP contribution in [0.25, 0.3) is 0 Å². The number of amides is 1. The summed E-state index contributed by atoms with van der Waals surface area (Å²) in [5, 5.41) is 12.1. The first kappa shape index (κ1) is 18.9. The summed E-state index contributed by atoms with van der Waals surface area (Å²) in [5.74, 6) is 0.631. The van der Waals surface area contributed by atoms with Gasteiger partial charge in [0.25, 0.3) is 5.91 Å². The van der Waals surface area contributed by atoms with Gasteiger partial charge in [0.15, 0.2) is 6.61 Å². The van der Waals surface area contributed by atoms with E-state index in [4.69, 9.17) is 37.9 Å². The van der Waals surface area contributed by atoms with Crippen molar-refractivity contribution in [2.45, 2.75) is 12.8 Å². The standard InChI is InChI=1S/C18H16Cl2N2O3/c19-13-6-7-16(20)17(10-13)25-12-18(23)22-14-4-3-5-15(11-14)24-9-2-1-8-21/h3-7,10-11H,1-2,9,12H2,(H,22,23). The molecule has 0 unspecified atom stereocenters. The number of anilines is 1. The summed E-state index contributed by atoms with van der Waals surface area (Å²) in [6.07, 6.45) is 1.10. The predicted molar refractivity (Wildman–Crippen MR) is 97.4 cm³/mol. The third kappa shape index (κ3) is 6.54. The molecule has 0 spiro atoms. The van der Waals surface area contributed by atoms with Crippen LogP contribution in [0.1, 0.15) is 12.8 Å². The Hall–Kier alpha value is -2.42. The van der Waals surface area contributed by atoms with E-state index in [0.29, 0.717) is 46.7 Å². The first-order valence-corrected chi connectivity index (χ1v) is 8.31. The van der Waals surface area contributed by atoms with E-state index in [9.17, 15) is 4.79 Å². The molecular weight excluding hydrogens is 363 g/mol. The molecule has 7 heteroatoms. The molecule has 0 bridgehead atoms. The molecule has 25 heavy (non-hydrogen) atoms. The Balaban J connectivity index is 1.85. The van der Waals surface area contributed by atoms with Crippen molar-refractivity contribution in [1.82, 2.24) is 0 Å². The van der Waals surface area contributed by atoms with Gasteiger partial charge >= 0.3 is 0 Å². The third-order valence-electron chi connectivity index (χ3n) is 3.07. The average Bonchev–Trinajstić information content (AvgIpc) is 2.60. The molecule has 1 N–H and O–H groups in total. The van der Waals surface area contributed by atoms with E-state index in [2.05, 4.69) is 11.4 Å². The maximum Gasteiger partial charge on any atom is 0.262 e. The Morgan fingerprint density at radius 1 is 1.16 bits per heavy atom. The van der Waals surface area contributed by atoms with Gasteiger partial charge in [0, 0.05) is 29.3 Å². The largest absolute Gasteiger partial charge is 0.493 e. The second-order valence-corrected chi connectivity index (χ2v) is 5.89. The maximum absolute atomic E-state index is 12.0. The zero-order chi connectivity index (χ0) is 18.1. The minimum Gasteiger partial charge on any atom is -0.493 e. The van der Waals surface area contributed by atoms with Crippen LogP contribution in [0.15, 0.2) is 42.5 Å². The molecule has 5 nitrogen and oxygen atoms in total. The maximum atomic E-state index is 12.0. The van der Waals surface area contributed by atoms with Crippen molar-refractivity contribution in [2.75, 3.05) is 18.5 Å². The quantitative estimate of drug-likeness (QED) is 0.676. The zero-order valence-corrected chi connectivity index (χ0v) is 14.8. The number of hydrogen-bond donors (Lipinski definition) is 1. The van der Waals surface area contributed by atoms with Crippen molar-refractivity contribution < 1.29 is 14.3 Å². The third-order valence-corrected chi connectivity index (χ3v) is 3.62. The van der Waals surface area contributed by atoms with Gasteiger partial charge in [-0.1, -0.05) is 29.3 Å². The van der Waals surface area contributed by atoms with Gasteiger partial charge in [-0.2, -0.15) is 5.26 Å². The lowest BCUT2D eigenvalue weighted by atomic mass is 10.3. The molecule has 2 aromatic rings. The van der Waals surface area contributed by atoms with Crippen LogP contribution in [0.3, 0.4) is 0 Å². The van der Waals surface area contributed by atoms with Crippen LogP contribution in [-0.2, 0) is 4.79 Å². The van der Waals surface area contributed by atoms with E-state index in [-0.39, 0.29) is 12.5 Å². The van der Waals surface area contributed by atoms with Gasteiger partial charge in [-0.25, -0.2) is 0 Å². The molecule has 130 valence electrons. The zero-order valence-electron chi connectivity index (χ0n) is 13.3. The highest BCUT2D eigenvalue weighted by atomic mass is 35.5. The number of benzene rings is 2. The number of nitriles is 1. The Bertz CT molecular complexity index is 775. The lowest BCUT2D eigenvalue weighted by Gasteiger charge is -2.10. The highest BCUT2D eigenvalue weighted by Gasteiger charge is 2.08. The first-order chi connectivity index (χ1) is 12.1. The minimum absolute atomic E-state index is 0.201. The van der Waals surface area contributed by atoms with Crippen LogP contribution in [0.5, 0.6) is 11.5 Å². The number of carbonyl (C=O) groups is 1. The number of ether oxygens (including phenoxy) is 2. The van der Waals surface area contributed by atoms with Gasteiger partial charge in [-0.15, -0.1) is 0 Å². The second-order valence-electron chi connectivity index (χ2n) is 5.05. The van der Waals surface area contributed by atoms with E-state index in [0.717, 1.165) is 0 Å². The highest BCUT2D eigenvalue weighted by Crippen LogP contribution is 2.27. The summed E-state index contributed by atoms with van der Waals surface area (Å²) in [4.78, 5) is 12.0.